The Morgan fingerprint density at radius 2 is 1.63 bits per heavy atom. The van der Waals surface area contributed by atoms with E-state index in [1.807, 2.05) is 0 Å². The van der Waals surface area contributed by atoms with E-state index in [2.05, 4.69) is 0 Å². The minimum absolute atomic E-state index is 0.354. The first-order valence-corrected chi connectivity index (χ1v) is 5.26. The van der Waals surface area contributed by atoms with Gasteiger partial charge in [-0.1, -0.05) is 0 Å². The predicted molar refractivity (Wildman–Crippen MR) is 59.6 cm³/mol. The van der Waals surface area contributed by atoms with Gasteiger partial charge in [-0.2, -0.15) is 13.2 Å². The summed E-state index contributed by atoms with van der Waals surface area (Å²) in [6.45, 7) is 2.69. The van der Waals surface area contributed by atoms with Crippen molar-refractivity contribution in [1.29, 1.82) is 0 Å². The third-order valence-corrected chi connectivity index (χ3v) is 2.95. The minimum Gasteiger partial charge on any atom is -0.479 e. The SMILES string of the molecule is CN(C(=O)NC(C)(C(=O)O)C(F)(F)F)C(C)(C)CO. The maximum Gasteiger partial charge on any atom is 0.422 e. The Morgan fingerprint density at radius 1 is 1.21 bits per heavy atom. The first-order valence-electron chi connectivity index (χ1n) is 5.26. The number of halogens is 3. The van der Waals surface area contributed by atoms with Gasteiger partial charge in [0.15, 0.2) is 0 Å². The molecule has 112 valence electrons. The number of urea groups is 1. The number of likely N-dealkylation sites (N-methyl/N-ethyl adjacent to an activating group) is 1. The molecule has 6 nitrogen and oxygen atoms in total. The van der Waals surface area contributed by atoms with Gasteiger partial charge in [-0.3, -0.25) is 0 Å². The molecule has 0 aliphatic heterocycles. The molecule has 0 aromatic rings. The summed E-state index contributed by atoms with van der Waals surface area (Å²) in [6, 6.07) is -1.25. The lowest BCUT2D eigenvalue weighted by Crippen LogP contribution is -2.65. The molecule has 0 aliphatic carbocycles. The maximum absolute atomic E-state index is 12.7. The first kappa shape index (κ1) is 17.5. The summed E-state index contributed by atoms with van der Waals surface area (Å²) < 4.78 is 38.1. The number of alkyl halides is 3. The van der Waals surface area contributed by atoms with Crippen molar-refractivity contribution in [2.24, 2.45) is 0 Å². The lowest BCUT2D eigenvalue weighted by Gasteiger charge is -2.37. The Bertz CT molecular complexity index is 370. The Kier molecular flexibility index (Phi) is 4.82. The number of hydrogen-bond donors (Lipinski definition) is 3. The fraction of sp³-hybridized carbons (Fsp3) is 0.800. The second kappa shape index (κ2) is 5.24. The van der Waals surface area contributed by atoms with Gasteiger partial charge in [-0.05, 0) is 20.8 Å². The van der Waals surface area contributed by atoms with Crippen LogP contribution in [0.4, 0.5) is 18.0 Å². The Hall–Kier alpha value is -1.51. The number of amides is 2. The highest BCUT2D eigenvalue weighted by Crippen LogP contribution is 2.30. The maximum atomic E-state index is 12.7. The van der Waals surface area contributed by atoms with E-state index in [0.717, 1.165) is 11.9 Å². The number of hydrogen-bond acceptors (Lipinski definition) is 3. The highest BCUT2D eigenvalue weighted by atomic mass is 19.4. The van der Waals surface area contributed by atoms with Gasteiger partial charge in [0.2, 0.25) is 5.54 Å². The average Bonchev–Trinajstić information content (AvgIpc) is 2.25. The van der Waals surface area contributed by atoms with Crippen molar-refractivity contribution < 1.29 is 33.0 Å². The van der Waals surface area contributed by atoms with Crippen LogP contribution in [0.5, 0.6) is 0 Å². The zero-order valence-corrected chi connectivity index (χ0v) is 11.0. The number of nitrogens with zero attached hydrogens (tertiary/aromatic N) is 1. The number of carboxylic acid groups (broad SMARTS) is 1. The molecule has 2 amide bonds. The molecule has 1 unspecified atom stereocenters. The van der Waals surface area contributed by atoms with Crippen molar-refractivity contribution >= 4 is 12.0 Å². The molecular weight excluding hydrogens is 269 g/mol. The first-order chi connectivity index (χ1) is 8.29. The lowest BCUT2D eigenvalue weighted by atomic mass is 10.0. The van der Waals surface area contributed by atoms with Gasteiger partial charge in [-0.25, -0.2) is 9.59 Å². The summed E-state index contributed by atoms with van der Waals surface area (Å²) in [5.74, 6) is -2.22. The standard InChI is InChI=1S/C10H17F3N2O4/c1-8(2,5-16)15(4)7(19)14-9(3,6(17)18)10(11,12)13/h16H,5H2,1-4H3,(H,14,19)(H,17,18). The van der Waals surface area contributed by atoms with Crippen LogP contribution in [0.2, 0.25) is 0 Å². The van der Waals surface area contributed by atoms with Gasteiger partial charge < -0.3 is 20.4 Å². The Morgan fingerprint density at radius 3 is 1.89 bits per heavy atom. The Labute approximate surface area is 108 Å². The second-order valence-corrected chi connectivity index (χ2v) is 4.89. The van der Waals surface area contributed by atoms with Crippen LogP contribution in [0.25, 0.3) is 0 Å². The van der Waals surface area contributed by atoms with E-state index in [0.29, 0.717) is 6.92 Å². The third kappa shape index (κ3) is 3.49. The van der Waals surface area contributed by atoms with Crippen LogP contribution >= 0.6 is 0 Å². The zero-order chi connectivity index (χ0) is 15.6. The van der Waals surface area contributed by atoms with Crippen LogP contribution < -0.4 is 5.32 Å². The molecule has 3 N–H and O–H groups in total. The molecule has 19 heavy (non-hydrogen) atoms. The highest BCUT2D eigenvalue weighted by molar-refractivity contribution is 5.87. The number of rotatable bonds is 4. The van der Waals surface area contributed by atoms with Crippen molar-refractivity contribution in [2.75, 3.05) is 13.7 Å². The van der Waals surface area contributed by atoms with Gasteiger partial charge in [0.25, 0.3) is 0 Å². The van der Waals surface area contributed by atoms with Crippen molar-refractivity contribution in [3.05, 3.63) is 0 Å². The van der Waals surface area contributed by atoms with E-state index in [-0.39, 0.29) is 0 Å². The number of carbonyl (C=O) groups excluding carboxylic acids is 1. The van der Waals surface area contributed by atoms with Crippen LogP contribution in [0.3, 0.4) is 0 Å². The van der Waals surface area contributed by atoms with Crippen LogP contribution in [-0.2, 0) is 4.79 Å². The molecule has 0 aromatic heterocycles. The molecule has 0 heterocycles. The van der Waals surface area contributed by atoms with Crippen LogP contribution in [-0.4, -0.2) is 58.0 Å². The number of aliphatic carboxylic acids is 1. The molecule has 0 aromatic carbocycles. The molecule has 0 fully saturated rings. The molecule has 0 saturated carbocycles. The van der Waals surface area contributed by atoms with Crippen LogP contribution in [0.15, 0.2) is 0 Å². The smallest absolute Gasteiger partial charge is 0.422 e. The number of nitrogens with one attached hydrogen (secondary N) is 1. The van der Waals surface area contributed by atoms with Crippen LogP contribution in [0, 0.1) is 0 Å². The largest absolute Gasteiger partial charge is 0.479 e. The highest BCUT2D eigenvalue weighted by Gasteiger charge is 2.59. The quantitative estimate of drug-likeness (QED) is 0.713. The molecular formula is C10H17F3N2O4. The predicted octanol–water partition coefficient (Wildman–Crippen LogP) is 0.804. The summed E-state index contributed by atoms with van der Waals surface area (Å²) >= 11 is 0. The van der Waals surface area contributed by atoms with E-state index in [1.54, 1.807) is 0 Å². The van der Waals surface area contributed by atoms with E-state index in [4.69, 9.17) is 10.2 Å². The lowest BCUT2D eigenvalue weighted by molar-refractivity contribution is -0.203. The number of carbonyl (C=O) groups is 2. The molecule has 0 spiro atoms. The fourth-order valence-electron chi connectivity index (χ4n) is 0.924. The van der Waals surface area contributed by atoms with Gasteiger partial charge >= 0.3 is 18.2 Å². The van der Waals surface area contributed by atoms with Gasteiger partial charge in [0.1, 0.15) is 0 Å². The van der Waals surface area contributed by atoms with Gasteiger partial charge in [0.05, 0.1) is 12.1 Å². The van der Waals surface area contributed by atoms with E-state index in [1.165, 1.54) is 19.2 Å². The summed E-state index contributed by atoms with van der Waals surface area (Å²) in [4.78, 5) is 23.2. The minimum atomic E-state index is -5.15. The topological polar surface area (TPSA) is 89.9 Å². The number of carboxylic acids is 1. The molecule has 9 heteroatoms. The summed E-state index contributed by atoms with van der Waals surface area (Å²) in [7, 11) is 1.16. The molecule has 0 bridgehead atoms. The van der Waals surface area contributed by atoms with Crippen molar-refractivity contribution in [3.8, 4) is 0 Å². The zero-order valence-electron chi connectivity index (χ0n) is 11.0. The monoisotopic (exact) mass is 286 g/mol. The van der Waals surface area contributed by atoms with Crippen molar-refractivity contribution in [2.45, 2.75) is 38.0 Å². The third-order valence-electron chi connectivity index (χ3n) is 2.95. The normalized spacial score (nSPS) is 15.6. The average molecular weight is 286 g/mol. The van der Waals surface area contributed by atoms with E-state index < -0.39 is 35.9 Å². The molecule has 0 radical (unpaired) electrons. The molecule has 0 rings (SSSR count). The van der Waals surface area contributed by atoms with E-state index in [9.17, 15) is 22.8 Å². The van der Waals surface area contributed by atoms with E-state index >= 15 is 0 Å². The van der Waals surface area contributed by atoms with Gasteiger partial charge in [0, 0.05) is 7.05 Å². The molecule has 1 atom stereocenters. The number of aliphatic hydroxyl groups is 1. The van der Waals surface area contributed by atoms with Crippen LogP contribution in [0.1, 0.15) is 20.8 Å². The summed E-state index contributed by atoms with van der Waals surface area (Å²) in [6.07, 6.45) is -5.15. The van der Waals surface area contributed by atoms with Crippen molar-refractivity contribution in [3.63, 3.8) is 0 Å². The number of aliphatic hydroxyl groups excluding tert-OH is 1. The van der Waals surface area contributed by atoms with Crippen molar-refractivity contribution in [1.82, 2.24) is 10.2 Å². The summed E-state index contributed by atoms with van der Waals surface area (Å²) in [5.41, 5.74) is -4.53. The summed E-state index contributed by atoms with van der Waals surface area (Å²) in [5, 5.41) is 19.1. The second-order valence-electron chi connectivity index (χ2n) is 4.89. The molecule has 0 aliphatic rings. The molecule has 0 saturated heterocycles. The van der Waals surface area contributed by atoms with Gasteiger partial charge in [-0.15, -0.1) is 0 Å². The fourth-order valence-corrected chi connectivity index (χ4v) is 0.924. The Balaban J connectivity index is 5.21.